The first-order chi connectivity index (χ1) is 9.11. The number of carbonyl (C=O) groups is 1. The second-order valence-electron chi connectivity index (χ2n) is 3.58. The SMILES string of the molecule is COc1c(Nc2cccnc2)cc(C(N)=O)oc1=O. The number of hydrogen-bond donors (Lipinski definition) is 2. The zero-order chi connectivity index (χ0) is 13.8. The molecule has 2 aromatic heterocycles. The summed E-state index contributed by atoms with van der Waals surface area (Å²) in [5.41, 5.74) is 5.20. The molecule has 3 N–H and O–H groups in total. The van der Waals surface area contributed by atoms with Gasteiger partial charge in [0, 0.05) is 12.3 Å². The molecule has 7 heteroatoms. The third-order valence-corrected chi connectivity index (χ3v) is 2.30. The van der Waals surface area contributed by atoms with Gasteiger partial charge < -0.3 is 20.2 Å². The Morgan fingerprint density at radius 2 is 2.32 bits per heavy atom. The van der Waals surface area contributed by atoms with Gasteiger partial charge in [0.25, 0.3) is 5.91 Å². The van der Waals surface area contributed by atoms with Crippen molar-refractivity contribution in [2.75, 3.05) is 12.4 Å². The number of aromatic nitrogens is 1. The number of ether oxygens (including phenoxy) is 1. The number of primary amides is 1. The number of pyridine rings is 1. The molecule has 2 aromatic rings. The van der Waals surface area contributed by atoms with Crippen LogP contribution in [0.2, 0.25) is 0 Å². The zero-order valence-electron chi connectivity index (χ0n) is 10.0. The molecule has 0 aliphatic carbocycles. The average molecular weight is 261 g/mol. The number of amides is 1. The van der Waals surface area contributed by atoms with Gasteiger partial charge in [-0.1, -0.05) is 0 Å². The second-order valence-corrected chi connectivity index (χ2v) is 3.58. The Kier molecular flexibility index (Phi) is 3.46. The summed E-state index contributed by atoms with van der Waals surface area (Å²) in [6.45, 7) is 0. The van der Waals surface area contributed by atoms with Crippen molar-refractivity contribution in [3.63, 3.8) is 0 Å². The quantitative estimate of drug-likeness (QED) is 0.846. The molecule has 0 atom stereocenters. The molecule has 2 rings (SSSR count). The van der Waals surface area contributed by atoms with Crippen LogP contribution in [0.5, 0.6) is 5.75 Å². The van der Waals surface area contributed by atoms with E-state index < -0.39 is 11.5 Å². The van der Waals surface area contributed by atoms with Gasteiger partial charge >= 0.3 is 5.63 Å². The fourth-order valence-electron chi connectivity index (χ4n) is 1.48. The van der Waals surface area contributed by atoms with Crippen LogP contribution in [0.4, 0.5) is 11.4 Å². The summed E-state index contributed by atoms with van der Waals surface area (Å²) >= 11 is 0. The topological polar surface area (TPSA) is 107 Å². The third-order valence-electron chi connectivity index (χ3n) is 2.30. The molecule has 0 saturated carbocycles. The van der Waals surface area contributed by atoms with Gasteiger partial charge in [0.05, 0.1) is 24.7 Å². The standard InChI is InChI=1S/C12H11N3O4/c1-18-10-8(15-7-3-2-4-14-6-7)5-9(11(13)16)19-12(10)17/h2-6,15H,1H3,(H2,13,16). The number of carbonyl (C=O) groups excluding carboxylic acids is 1. The maximum atomic E-state index is 11.6. The average Bonchev–Trinajstić information content (AvgIpc) is 2.39. The smallest absolute Gasteiger partial charge is 0.381 e. The predicted octanol–water partition coefficient (Wildman–Crippen LogP) is 0.886. The third kappa shape index (κ3) is 2.71. The minimum absolute atomic E-state index is 0.0474. The van der Waals surface area contributed by atoms with Gasteiger partial charge in [0.15, 0.2) is 5.76 Å². The van der Waals surface area contributed by atoms with E-state index in [2.05, 4.69) is 10.3 Å². The monoisotopic (exact) mass is 261 g/mol. The van der Waals surface area contributed by atoms with Crippen molar-refractivity contribution < 1.29 is 13.9 Å². The van der Waals surface area contributed by atoms with Gasteiger partial charge in [0.1, 0.15) is 0 Å². The van der Waals surface area contributed by atoms with E-state index in [0.29, 0.717) is 5.69 Å². The Morgan fingerprint density at radius 1 is 1.53 bits per heavy atom. The van der Waals surface area contributed by atoms with E-state index in [4.69, 9.17) is 14.9 Å². The van der Waals surface area contributed by atoms with Crippen molar-refractivity contribution in [1.29, 1.82) is 0 Å². The highest BCUT2D eigenvalue weighted by Gasteiger charge is 2.15. The van der Waals surface area contributed by atoms with Crippen LogP contribution in [0.25, 0.3) is 0 Å². The summed E-state index contributed by atoms with van der Waals surface area (Å²) < 4.78 is 9.67. The molecular weight excluding hydrogens is 250 g/mol. The summed E-state index contributed by atoms with van der Waals surface area (Å²) in [5, 5.41) is 2.90. The van der Waals surface area contributed by atoms with Crippen LogP contribution in [-0.4, -0.2) is 18.0 Å². The van der Waals surface area contributed by atoms with Crippen LogP contribution >= 0.6 is 0 Å². The molecule has 1 amide bonds. The first kappa shape index (κ1) is 12.6. The van der Waals surface area contributed by atoms with E-state index in [0.717, 1.165) is 0 Å². The number of hydrogen-bond acceptors (Lipinski definition) is 6. The molecule has 19 heavy (non-hydrogen) atoms. The van der Waals surface area contributed by atoms with Crippen LogP contribution < -0.4 is 21.4 Å². The van der Waals surface area contributed by atoms with Gasteiger partial charge in [-0.05, 0) is 12.1 Å². The van der Waals surface area contributed by atoms with Crippen LogP contribution in [-0.2, 0) is 0 Å². The molecule has 0 spiro atoms. The van der Waals surface area contributed by atoms with Crippen molar-refractivity contribution in [3.05, 3.63) is 46.8 Å². The maximum Gasteiger partial charge on any atom is 0.381 e. The molecule has 0 aromatic carbocycles. The number of methoxy groups -OCH3 is 1. The van der Waals surface area contributed by atoms with Crippen molar-refractivity contribution in [2.45, 2.75) is 0 Å². The van der Waals surface area contributed by atoms with Crippen molar-refractivity contribution in [2.24, 2.45) is 5.73 Å². The van der Waals surface area contributed by atoms with Crippen LogP contribution in [0, 0.1) is 0 Å². The lowest BCUT2D eigenvalue weighted by molar-refractivity contribution is 0.0969. The number of nitrogens with two attached hydrogens (primary N) is 1. The number of nitrogens with zero attached hydrogens (tertiary/aromatic N) is 1. The molecule has 0 fully saturated rings. The molecule has 0 aliphatic rings. The van der Waals surface area contributed by atoms with Gasteiger partial charge in [0.2, 0.25) is 5.75 Å². The fourth-order valence-corrected chi connectivity index (χ4v) is 1.48. The molecule has 7 nitrogen and oxygen atoms in total. The van der Waals surface area contributed by atoms with Crippen molar-refractivity contribution >= 4 is 17.3 Å². The van der Waals surface area contributed by atoms with E-state index in [9.17, 15) is 9.59 Å². The number of nitrogens with one attached hydrogen (secondary N) is 1. The highest BCUT2D eigenvalue weighted by Crippen LogP contribution is 2.24. The second kappa shape index (κ2) is 5.21. The molecule has 0 saturated heterocycles. The highest BCUT2D eigenvalue weighted by atomic mass is 16.5. The number of rotatable bonds is 4. The lowest BCUT2D eigenvalue weighted by Crippen LogP contribution is -2.16. The van der Waals surface area contributed by atoms with E-state index in [1.165, 1.54) is 13.2 Å². The van der Waals surface area contributed by atoms with Crippen LogP contribution in [0.1, 0.15) is 10.6 Å². The van der Waals surface area contributed by atoms with Crippen LogP contribution in [0.15, 0.2) is 39.8 Å². The largest absolute Gasteiger partial charge is 0.488 e. The Morgan fingerprint density at radius 3 is 2.89 bits per heavy atom. The van der Waals surface area contributed by atoms with Gasteiger partial charge in [-0.15, -0.1) is 0 Å². The Hall–Kier alpha value is -2.83. The van der Waals surface area contributed by atoms with E-state index in [-0.39, 0.29) is 17.2 Å². The van der Waals surface area contributed by atoms with Crippen molar-refractivity contribution in [1.82, 2.24) is 4.98 Å². The lowest BCUT2D eigenvalue weighted by atomic mass is 10.3. The van der Waals surface area contributed by atoms with E-state index in [1.807, 2.05) is 0 Å². The predicted molar refractivity (Wildman–Crippen MR) is 67.6 cm³/mol. The first-order valence-electron chi connectivity index (χ1n) is 5.31. The van der Waals surface area contributed by atoms with E-state index in [1.54, 1.807) is 24.5 Å². The normalized spacial score (nSPS) is 9.95. The summed E-state index contributed by atoms with van der Waals surface area (Å²) in [6, 6.07) is 4.76. The minimum atomic E-state index is -0.839. The molecular formula is C12H11N3O4. The summed E-state index contributed by atoms with van der Waals surface area (Å²) in [7, 11) is 1.32. The number of anilines is 2. The minimum Gasteiger partial charge on any atom is -0.488 e. The molecule has 0 radical (unpaired) electrons. The molecule has 0 bridgehead atoms. The molecule has 0 unspecified atom stereocenters. The maximum absolute atomic E-state index is 11.6. The van der Waals surface area contributed by atoms with Gasteiger partial charge in [-0.2, -0.15) is 0 Å². The van der Waals surface area contributed by atoms with Gasteiger partial charge in [-0.25, -0.2) is 4.79 Å². The summed E-state index contributed by atoms with van der Waals surface area (Å²) in [5.74, 6) is -1.14. The molecule has 2 heterocycles. The fraction of sp³-hybridized carbons (Fsp3) is 0.0833. The Labute approximate surface area is 108 Å². The van der Waals surface area contributed by atoms with Crippen molar-refractivity contribution in [3.8, 4) is 5.75 Å². The first-order valence-corrected chi connectivity index (χ1v) is 5.31. The molecule has 0 aliphatic heterocycles. The van der Waals surface area contributed by atoms with Crippen LogP contribution in [0.3, 0.4) is 0 Å². The zero-order valence-corrected chi connectivity index (χ0v) is 10.0. The summed E-state index contributed by atoms with van der Waals surface area (Å²) in [4.78, 5) is 26.6. The lowest BCUT2D eigenvalue weighted by Gasteiger charge is -2.10. The molecule has 98 valence electrons. The Bertz CT molecular complexity index is 652. The summed E-state index contributed by atoms with van der Waals surface area (Å²) in [6.07, 6.45) is 3.16. The highest BCUT2D eigenvalue weighted by molar-refractivity contribution is 5.91. The van der Waals surface area contributed by atoms with Gasteiger partial charge in [-0.3, -0.25) is 9.78 Å². The Balaban J connectivity index is 2.48. The van der Waals surface area contributed by atoms with E-state index >= 15 is 0 Å².